The largest absolute Gasteiger partial charge is 0.465 e. The first-order valence-corrected chi connectivity index (χ1v) is 11.7. The van der Waals surface area contributed by atoms with Crippen molar-refractivity contribution in [3.05, 3.63) is 51.9 Å². The number of benzene rings is 1. The van der Waals surface area contributed by atoms with E-state index in [2.05, 4.69) is 10.3 Å². The topological polar surface area (TPSA) is 106 Å². The third-order valence-electron chi connectivity index (χ3n) is 4.81. The van der Waals surface area contributed by atoms with Crippen LogP contribution in [0.5, 0.6) is 0 Å². The molecule has 3 rings (SSSR count). The fraction of sp³-hybridized carbons (Fsp3) is 0.350. The van der Waals surface area contributed by atoms with E-state index in [0.717, 1.165) is 16.9 Å². The molecule has 1 aliphatic heterocycles. The van der Waals surface area contributed by atoms with Gasteiger partial charge in [-0.15, -0.1) is 0 Å². The predicted molar refractivity (Wildman–Crippen MR) is 116 cm³/mol. The molecule has 0 spiro atoms. The van der Waals surface area contributed by atoms with Gasteiger partial charge in [0.15, 0.2) is 5.13 Å². The molecule has 10 heteroatoms. The number of anilines is 1. The maximum atomic E-state index is 12.6. The zero-order valence-electron chi connectivity index (χ0n) is 16.7. The van der Waals surface area contributed by atoms with Gasteiger partial charge in [0, 0.05) is 24.4 Å². The van der Waals surface area contributed by atoms with Crippen LogP contribution in [0.25, 0.3) is 6.08 Å². The van der Waals surface area contributed by atoms with Crippen molar-refractivity contribution in [1.82, 2.24) is 9.29 Å². The van der Waals surface area contributed by atoms with Crippen molar-refractivity contribution in [2.24, 2.45) is 5.92 Å². The second-order valence-corrected chi connectivity index (χ2v) is 9.66. The van der Waals surface area contributed by atoms with Gasteiger partial charge < -0.3 is 10.1 Å². The van der Waals surface area contributed by atoms with Gasteiger partial charge in [0.05, 0.1) is 12.8 Å². The summed E-state index contributed by atoms with van der Waals surface area (Å²) in [5, 5.41) is 4.27. The molecule has 30 heavy (non-hydrogen) atoms. The van der Waals surface area contributed by atoms with Crippen molar-refractivity contribution in [2.75, 3.05) is 25.5 Å². The van der Waals surface area contributed by atoms with Crippen molar-refractivity contribution in [1.29, 1.82) is 0 Å². The van der Waals surface area contributed by atoms with Gasteiger partial charge in [-0.3, -0.25) is 4.79 Å². The lowest BCUT2D eigenvalue weighted by Gasteiger charge is -2.29. The van der Waals surface area contributed by atoms with Gasteiger partial charge in [0.2, 0.25) is 15.9 Å². The number of hydrogen-bond donors (Lipinski definition) is 1. The number of nitrogens with one attached hydrogen (secondary N) is 1. The van der Waals surface area contributed by atoms with Crippen LogP contribution < -0.4 is 5.32 Å². The number of amides is 1. The smallest absolute Gasteiger partial charge is 0.350 e. The molecule has 1 aliphatic rings. The molecule has 1 aromatic carbocycles. The third kappa shape index (κ3) is 5.32. The summed E-state index contributed by atoms with van der Waals surface area (Å²) in [6.07, 6.45) is 2.40. The van der Waals surface area contributed by atoms with Crippen molar-refractivity contribution in [2.45, 2.75) is 19.8 Å². The minimum Gasteiger partial charge on any atom is -0.465 e. The normalized spacial score (nSPS) is 15.9. The first-order valence-electron chi connectivity index (χ1n) is 9.40. The van der Waals surface area contributed by atoms with Gasteiger partial charge in [-0.1, -0.05) is 41.7 Å². The van der Waals surface area contributed by atoms with Crippen molar-refractivity contribution < 1.29 is 22.7 Å². The predicted octanol–water partition coefficient (Wildman–Crippen LogP) is 2.89. The Morgan fingerprint density at radius 1 is 1.23 bits per heavy atom. The lowest BCUT2D eigenvalue weighted by molar-refractivity contribution is -0.120. The average molecular weight is 450 g/mol. The van der Waals surface area contributed by atoms with Crippen molar-refractivity contribution in [3.8, 4) is 0 Å². The van der Waals surface area contributed by atoms with E-state index in [1.165, 1.54) is 16.8 Å². The second-order valence-electron chi connectivity index (χ2n) is 6.85. The molecule has 1 N–H and O–H groups in total. The van der Waals surface area contributed by atoms with Gasteiger partial charge in [-0.25, -0.2) is 18.2 Å². The van der Waals surface area contributed by atoms with E-state index < -0.39 is 16.0 Å². The minimum absolute atomic E-state index is 0.225. The number of piperidine rings is 1. The third-order valence-corrected chi connectivity index (χ3v) is 7.43. The number of nitrogens with zero attached hydrogens (tertiary/aromatic N) is 2. The van der Waals surface area contributed by atoms with Crippen LogP contribution in [-0.4, -0.2) is 49.8 Å². The Bertz CT molecular complexity index is 1040. The Hall–Kier alpha value is -2.56. The zero-order chi connectivity index (χ0) is 21.7. The molecule has 0 aliphatic carbocycles. The summed E-state index contributed by atoms with van der Waals surface area (Å²) in [7, 11) is -2.26. The molecular formula is C20H23N3O5S2. The molecule has 1 fully saturated rings. The Morgan fingerprint density at radius 3 is 2.53 bits per heavy atom. The number of ether oxygens (including phenoxy) is 1. The number of sulfonamides is 1. The quantitative estimate of drug-likeness (QED) is 0.680. The summed E-state index contributed by atoms with van der Waals surface area (Å²) in [6.45, 7) is 2.21. The van der Waals surface area contributed by atoms with Gasteiger partial charge in [0.25, 0.3) is 0 Å². The standard InChI is InChI=1S/C20H23N3O5S2/c1-14-17(19(25)28-2)29-20(21-14)22-18(24)16-8-11-23(12-9-16)30(26,27)13-10-15-6-4-3-5-7-15/h3-7,10,13,16H,8-9,11-12H2,1-2H3,(H,21,22,24)/b13-10+. The molecule has 0 atom stereocenters. The Labute approximate surface area is 179 Å². The highest BCUT2D eigenvalue weighted by molar-refractivity contribution is 7.92. The average Bonchev–Trinajstić information content (AvgIpc) is 3.12. The summed E-state index contributed by atoms with van der Waals surface area (Å²) in [4.78, 5) is 28.8. The van der Waals surface area contributed by atoms with Crippen LogP contribution >= 0.6 is 11.3 Å². The SMILES string of the molecule is COC(=O)c1sc(NC(=O)C2CCN(S(=O)(=O)/C=C/c3ccccc3)CC2)nc1C. The maximum Gasteiger partial charge on any atom is 0.350 e. The summed E-state index contributed by atoms with van der Waals surface area (Å²) in [5.74, 6) is -1.04. The van der Waals surface area contributed by atoms with E-state index in [-0.39, 0.29) is 24.9 Å². The highest BCUT2D eigenvalue weighted by atomic mass is 32.2. The number of rotatable bonds is 6. The lowest BCUT2D eigenvalue weighted by atomic mass is 9.97. The highest BCUT2D eigenvalue weighted by Crippen LogP contribution is 2.26. The minimum atomic E-state index is -3.54. The fourth-order valence-corrected chi connectivity index (χ4v) is 5.24. The molecule has 1 saturated heterocycles. The molecule has 0 saturated carbocycles. The first-order chi connectivity index (χ1) is 14.3. The van der Waals surface area contributed by atoms with E-state index in [1.54, 1.807) is 13.0 Å². The molecular weight excluding hydrogens is 426 g/mol. The molecule has 8 nitrogen and oxygen atoms in total. The number of thiazole rings is 1. The summed E-state index contributed by atoms with van der Waals surface area (Å²) in [6, 6.07) is 9.21. The van der Waals surface area contributed by atoms with Crippen molar-refractivity contribution >= 4 is 44.4 Å². The molecule has 2 heterocycles. The van der Waals surface area contributed by atoms with Gasteiger partial charge in [0.1, 0.15) is 4.88 Å². The van der Waals surface area contributed by atoms with E-state index in [9.17, 15) is 18.0 Å². The Kier molecular flexibility index (Phi) is 7.01. The number of aromatic nitrogens is 1. The van der Waals surface area contributed by atoms with Crippen LogP contribution in [0.3, 0.4) is 0 Å². The number of carbonyl (C=O) groups is 2. The molecule has 0 bridgehead atoms. The van der Waals surface area contributed by atoms with E-state index in [1.807, 2.05) is 30.3 Å². The van der Waals surface area contributed by atoms with Crippen LogP contribution in [0.4, 0.5) is 5.13 Å². The molecule has 1 amide bonds. The monoisotopic (exact) mass is 449 g/mol. The Morgan fingerprint density at radius 2 is 1.90 bits per heavy atom. The van der Waals surface area contributed by atoms with Crippen LogP contribution in [-0.2, 0) is 19.6 Å². The van der Waals surface area contributed by atoms with E-state index >= 15 is 0 Å². The summed E-state index contributed by atoms with van der Waals surface area (Å²) < 4.78 is 31.2. The lowest BCUT2D eigenvalue weighted by Crippen LogP contribution is -2.40. The Balaban J connectivity index is 1.56. The van der Waals surface area contributed by atoms with Gasteiger partial charge >= 0.3 is 5.97 Å². The number of methoxy groups -OCH3 is 1. The van der Waals surface area contributed by atoms with Crippen LogP contribution in [0.15, 0.2) is 35.7 Å². The van der Waals surface area contributed by atoms with Gasteiger partial charge in [-0.05, 0) is 31.4 Å². The van der Waals surface area contributed by atoms with Crippen LogP contribution in [0.1, 0.15) is 33.8 Å². The summed E-state index contributed by atoms with van der Waals surface area (Å²) in [5.41, 5.74) is 1.30. The number of esters is 1. The van der Waals surface area contributed by atoms with E-state index in [4.69, 9.17) is 4.74 Å². The molecule has 2 aromatic rings. The van der Waals surface area contributed by atoms with Crippen molar-refractivity contribution in [3.63, 3.8) is 0 Å². The summed E-state index contributed by atoms with van der Waals surface area (Å²) >= 11 is 1.06. The highest BCUT2D eigenvalue weighted by Gasteiger charge is 2.30. The van der Waals surface area contributed by atoms with Crippen LogP contribution in [0.2, 0.25) is 0 Å². The number of hydrogen-bond acceptors (Lipinski definition) is 7. The molecule has 160 valence electrons. The van der Waals surface area contributed by atoms with Gasteiger partial charge in [-0.2, -0.15) is 4.31 Å². The maximum absolute atomic E-state index is 12.6. The first kappa shape index (κ1) is 22.1. The van der Waals surface area contributed by atoms with E-state index in [0.29, 0.717) is 28.5 Å². The van der Waals surface area contributed by atoms with Crippen LogP contribution in [0, 0.1) is 12.8 Å². The molecule has 0 radical (unpaired) electrons. The fourth-order valence-electron chi connectivity index (χ4n) is 3.13. The molecule has 0 unspecified atom stereocenters. The second kappa shape index (κ2) is 9.50. The molecule has 1 aromatic heterocycles. The number of aryl methyl sites for hydroxylation is 1. The zero-order valence-corrected chi connectivity index (χ0v) is 18.3. The number of carbonyl (C=O) groups excluding carboxylic acids is 2.